The number of hydrogen-bond donors (Lipinski definition) is 2. The van der Waals surface area contributed by atoms with E-state index in [0.29, 0.717) is 5.69 Å². The topological polar surface area (TPSA) is 67.2 Å². The number of hydrogen-bond acceptors (Lipinski definition) is 3. The van der Waals surface area contributed by atoms with E-state index in [1.54, 1.807) is 23.0 Å². The van der Waals surface area contributed by atoms with Crippen molar-refractivity contribution in [2.45, 2.75) is 13.5 Å². The normalized spacial score (nSPS) is 10.5. The molecule has 0 aliphatic heterocycles. The second-order valence-electron chi connectivity index (χ2n) is 4.18. The van der Waals surface area contributed by atoms with Crippen LogP contribution in [0.2, 0.25) is 0 Å². The zero-order chi connectivity index (χ0) is 14.0. The molecule has 1 amide bonds. The fourth-order valence-electron chi connectivity index (χ4n) is 1.93. The smallest absolute Gasteiger partial charge is 0.221 e. The van der Waals surface area contributed by atoms with Crippen molar-refractivity contribution in [2.75, 3.05) is 5.32 Å². The molecule has 5 nitrogen and oxygen atoms in total. The molecule has 1 heterocycles. The van der Waals surface area contributed by atoms with Crippen LogP contribution in [-0.2, 0) is 18.4 Å². The first kappa shape index (κ1) is 13.8. The zero-order valence-corrected chi connectivity index (χ0v) is 12.2. The SMILES string of the molecule is CC(=O)Nc1ccc(CO)c(-c2c(Br)cnn2C)c1. The van der Waals surface area contributed by atoms with Crippen molar-refractivity contribution < 1.29 is 9.90 Å². The summed E-state index contributed by atoms with van der Waals surface area (Å²) in [5.41, 5.74) is 3.16. The quantitative estimate of drug-likeness (QED) is 0.910. The van der Waals surface area contributed by atoms with E-state index in [1.165, 1.54) is 6.92 Å². The maximum absolute atomic E-state index is 11.1. The molecule has 0 radical (unpaired) electrons. The molecule has 2 N–H and O–H groups in total. The lowest BCUT2D eigenvalue weighted by molar-refractivity contribution is -0.114. The van der Waals surface area contributed by atoms with Crippen molar-refractivity contribution in [1.82, 2.24) is 9.78 Å². The maximum atomic E-state index is 11.1. The van der Waals surface area contributed by atoms with Gasteiger partial charge in [-0.05, 0) is 33.6 Å². The lowest BCUT2D eigenvalue weighted by atomic mass is 10.0. The Morgan fingerprint density at radius 2 is 2.26 bits per heavy atom. The Bertz CT molecular complexity index is 603. The number of nitrogens with zero attached hydrogens (tertiary/aromatic N) is 2. The highest BCUT2D eigenvalue weighted by Crippen LogP contribution is 2.32. The average molecular weight is 324 g/mol. The Hall–Kier alpha value is -1.66. The van der Waals surface area contributed by atoms with Gasteiger partial charge in [-0.25, -0.2) is 0 Å². The van der Waals surface area contributed by atoms with Gasteiger partial charge in [0.25, 0.3) is 0 Å². The predicted molar refractivity (Wildman–Crippen MR) is 76.6 cm³/mol. The van der Waals surface area contributed by atoms with Crippen LogP contribution in [-0.4, -0.2) is 20.8 Å². The Morgan fingerprint density at radius 1 is 1.53 bits per heavy atom. The molecule has 2 rings (SSSR count). The summed E-state index contributed by atoms with van der Waals surface area (Å²) < 4.78 is 2.56. The number of carbonyl (C=O) groups excluding carboxylic acids is 1. The highest BCUT2D eigenvalue weighted by molar-refractivity contribution is 9.10. The standard InChI is InChI=1S/C13H14BrN3O2/c1-8(19)16-10-4-3-9(7-18)11(5-10)13-12(14)6-15-17(13)2/h3-6,18H,7H2,1-2H3,(H,16,19). The molecule has 0 atom stereocenters. The number of aromatic nitrogens is 2. The average Bonchev–Trinajstić information content (AvgIpc) is 2.68. The number of nitrogens with one attached hydrogen (secondary N) is 1. The molecule has 0 aliphatic carbocycles. The summed E-state index contributed by atoms with van der Waals surface area (Å²) >= 11 is 3.44. The van der Waals surface area contributed by atoms with E-state index in [0.717, 1.165) is 21.3 Å². The van der Waals surface area contributed by atoms with Gasteiger partial charge in [0.15, 0.2) is 0 Å². The molecule has 1 aromatic carbocycles. The molecule has 0 fully saturated rings. The molecule has 2 aromatic rings. The molecule has 0 saturated carbocycles. The van der Waals surface area contributed by atoms with E-state index in [1.807, 2.05) is 13.1 Å². The largest absolute Gasteiger partial charge is 0.392 e. The molecule has 0 unspecified atom stereocenters. The number of aliphatic hydroxyl groups is 1. The van der Waals surface area contributed by atoms with Gasteiger partial charge in [0.2, 0.25) is 5.91 Å². The molecular weight excluding hydrogens is 310 g/mol. The van der Waals surface area contributed by atoms with Crippen LogP contribution in [0.15, 0.2) is 28.9 Å². The summed E-state index contributed by atoms with van der Waals surface area (Å²) in [7, 11) is 1.83. The first-order valence-corrected chi connectivity index (χ1v) is 6.51. The van der Waals surface area contributed by atoms with E-state index in [9.17, 15) is 9.90 Å². The van der Waals surface area contributed by atoms with E-state index in [4.69, 9.17) is 0 Å². The van der Waals surface area contributed by atoms with Crippen molar-refractivity contribution in [2.24, 2.45) is 7.05 Å². The van der Waals surface area contributed by atoms with Crippen LogP contribution >= 0.6 is 15.9 Å². The number of halogens is 1. The van der Waals surface area contributed by atoms with Crippen LogP contribution in [0.3, 0.4) is 0 Å². The second kappa shape index (κ2) is 5.54. The third-order valence-corrected chi connectivity index (χ3v) is 3.33. The van der Waals surface area contributed by atoms with Crippen LogP contribution in [0.5, 0.6) is 0 Å². The molecule has 6 heteroatoms. The Kier molecular flexibility index (Phi) is 4.01. The number of rotatable bonds is 3. The van der Waals surface area contributed by atoms with Crippen LogP contribution in [0.1, 0.15) is 12.5 Å². The van der Waals surface area contributed by atoms with Crippen molar-refractivity contribution >= 4 is 27.5 Å². The number of carbonyl (C=O) groups is 1. The first-order valence-electron chi connectivity index (χ1n) is 5.72. The van der Waals surface area contributed by atoms with Crippen LogP contribution < -0.4 is 5.32 Å². The van der Waals surface area contributed by atoms with E-state index >= 15 is 0 Å². The summed E-state index contributed by atoms with van der Waals surface area (Å²) in [6.45, 7) is 1.38. The van der Waals surface area contributed by atoms with Crippen LogP contribution in [0.25, 0.3) is 11.3 Å². The maximum Gasteiger partial charge on any atom is 0.221 e. The Morgan fingerprint density at radius 3 is 2.79 bits per heavy atom. The summed E-state index contributed by atoms with van der Waals surface area (Å²) in [6, 6.07) is 5.38. The summed E-state index contributed by atoms with van der Waals surface area (Å²) in [4.78, 5) is 11.1. The van der Waals surface area contributed by atoms with E-state index < -0.39 is 0 Å². The van der Waals surface area contributed by atoms with Gasteiger partial charge < -0.3 is 10.4 Å². The minimum absolute atomic E-state index is 0.0761. The van der Waals surface area contributed by atoms with Crippen molar-refractivity contribution in [3.05, 3.63) is 34.4 Å². The molecule has 0 aliphatic rings. The lowest BCUT2D eigenvalue weighted by Gasteiger charge is -2.11. The molecule has 1 aromatic heterocycles. The highest BCUT2D eigenvalue weighted by atomic mass is 79.9. The molecule has 0 spiro atoms. The number of aliphatic hydroxyl groups excluding tert-OH is 1. The van der Waals surface area contributed by atoms with Gasteiger partial charge in [-0.2, -0.15) is 5.10 Å². The Labute approximate surface area is 119 Å². The van der Waals surface area contributed by atoms with Gasteiger partial charge in [-0.1, -0.05) is 6.07 Å². The number of benzene rings is 1. The van der Waals surface area contributed by atoms with Crippen molar-refractivity contribution in [3.63, 3.8) is 0 Å². The fourth-order valence-corrected chi connectivity index (χ4v) is 2.49. The molecular formula is C13H14BrN3O2. The number of amides is 1. The molecule has 0 saturated heterocycles. The zero-order valence-electron chi connectivity index (χ0n) is 10.6. The fraction of sp³-hybridized carbons (Fsp3) is 0.231. The van der Waals surface area contributed by atoms with Gasteiger partial charge >= 0.3 is 0 Å². The predicted octanol–water partition coefficient (Wildman–Crippen LogP) is 2.30. The molecule has 19 heavy (non-hydrogen) atoms. The van der Waals surface area contributed by atoms with Gasteiger partial charge in [0, 0.05) is 25.2 Å². The summed E-state index contributed by atoms with van der Waals surface area (Å²) in [5, 5.41) is 16.3. The number of anilines is 1. The van der Waals surface area contributed by atoms with Crippen molar-refractivity contribution in [3.8, 4) is 11.3 Å². The number of aryl methyl sites for hydroxylation is 1. The lowest BCUT2D eigenvalue weighted by Crippen LogP contribution is -2.06. The first-order chi connectivity index (χ1) is 9.02. The van der Waals surface area contributed by atoms with Gasteiger partial charge in [-0.15, -0.1) is 0 Å². The minimum Gasteiger partial charge on any atom is -0.392 e. The summed E-state index contributed by atoms with van der Waals surface area (Å²) in [5.74, 6) is -0.133. The second-order valence-corrected chi connectivity index (χ2v) is 5.03. The minimum atomic E-state index is -0.133. The molecule has 0 bridgehead atoms. The van der Waals surface area contributed by atoms with E-state index in [-0.39, 0.29) is 12.5 Å². The van der Waals surface area contributed by atoms with Gasteiger partial charge in [-0.3, -0.25) is 9.48 Å². The molecule has 100 valence electrons. The van der Waals surface area contributed by atoms with Gasteiger partial charge in [0.1, 0.15) is 0 Å². The Balaban J connectivity index is 2.56. The third-order valence-electron chi connectivity index (χ3n) is 2.75. The third kappa shape index (κ3) is 2.85. The monoisotopic (exact) mass is 323 g/mol. The summed E-state index contributed by atoms with van der Waals surface area (Å²) in [6.07, 6.45) is 1.70. The van der Waals surface area contributed by atoms with Crippen molar-refractivity contribution in [1.29, 1.82) is 0 Å². The highest BCUT2D eigenvalue weighted by Gasteiger charge is 2.13. The van der Waals surface area contributed by atoms with E-state index in [2.05, 4.69) is 26.3 Å². The van der Waals surface area contributed by atoms with Crippen LogP contribution in [0, 0.1) is 0 Å². The van der Waals surface area contributed by atoms with Crippen LogP contribution in [0.4, 0.5) is 5.69 Å². The van der Waals surface area contributed by atoms with Gasteiger partial charge in [0.05, 0.1) is 23.0 Å².